The molecule has 27 heavy (non-hydrogen) atoms. The molecule has 1 aliphatic carbocycles. The Balaban J connectivity index is 1.20. The Bertz CT molecular complexity index is 853. The van der Waals surface area contributed by atoms with Crippen LogP contribution in [0.5, 0.6) is 0 Å². The number of piperazine rings is 1. The number of nitrogens with zero attached hydrogens (tertiary/aromatic N) is 5. The third-order valence-electron chi connectivity index (χ3n) is 6.43. The van der Waals surface area contributed by atoms with Crippen LogP contribution in [0.15, 0.2) is 18.3 Å². The zero-order valence-electron chi connectivity index (χ0n) is 15.6. The number of carbonyl (C=O) groups is 1. The number of carbonyl (C=O) groups excluding carboxylic acids is 1. The first-order chi connectivity index (χ1) is 13.2. The number of pyridine rings is 1. The van der Waals surface area contributed by atoms with E-state index in [0.29, 0.717) is 13.1 Å². The van der Waals surface area contributed by atoms with Crippen molar-refractivity contribution in [2.45, 2.75) is 38.4 Å². The monoisotopic (exact) mass is 371 g/mol. The van der Waals surface area contributed by atoms with Crippen molar-refractivity contribution in [1.29, 1.82) is 0 Å². The third kappa shape index (κ3) is 3.23. The topological polar surface area (TPSA) is 44.6 Å². The summed E-state index contributed by atoms with van der Waals surface area (Å²) in [5.41, 5.74) is 1.95. The second-order valence-corrected chi connectivity index (χ2v) is 8.07. The molecule has 2 aromatic rings. The summed E-state index contributed by atoms with van der Waals surface area (Å²) >= 11 is 0. The van der Waals surface area contributed by atoms with Crippen LogP contribution in [0.25, 0.3) is 11.0 Å². The summed E-state index contributed by atoms with van der Waals surface area (Å²) in [5, 5.41) is 0.838. The fourth-order valence-electron chi connectivity index (χ4n) is 4.62. The number of hydrogen-bond acceptors (Lipinski definition) is 4. The molecule has 0 aromatic carbocycles. The van der Waals surface area contributed by atoms with Crippen molar-refractivity contribution >= 4 is 16.9 Å². The van der Waals surface area contributed by atoms with Gasteiger partial charge in [-0.1, -0.05) is 6.42 Å². The average molecular weight is 371 g/mol. The fraction of sp³-hybridized carbons (Fsp3) is 0.600. The summed E-state index contributed by atoms with van der Waals surface area (Å²) in [5.74, 6) is -0.0736. The van der Waals surface area contributed by atoms with Crippen molar-refractivity contribution in [3.63, 3.8) is 0 Å². The first-order valence-electron chi connectivity index (χ1n) is 10.1. The summed E-state index contributed by atoms with van der Waals surface area (Å²) in [4.78, 5) is 23.8. The Hall–Kier alpha value is -1.99. The molecule has 144 valence electrons. The van der Waals surface area contributed by atoms with Gasteiger partial charge in [0.2, 0.25) is 5.91 Å². The molecule has 1 amide bonds. The molecule has 3 aliphatic rings. The van der Waals surface area contributed by atoms with Crippen molar-refractivity contribution in [3.05, 3.63) is 29.8 Å². The van der Waals surface area contributed by atoms with Crippen LogP contribution >= 0.6 is 0 Å². The molecular weight excluding hydrogens is 345 g/mol. The van der Waals surface area contributed by atoms with Crippen molar-refractivity contribution in [1.82, 2.24) is 24.3 Å². The molecule has 1 saturated heterocycles. The number of hydrogen-bond donors (Lipinski definition) is 0. The largest absolute Gasteiger partial charge is 0.339 e. The minimum atomic E-state index is -0.307. The Morgan fingerprint density at radius 3 is 2.67 bits per heavy atom. The second kappa shape index (κ2) is 6.87. The number of aromatic nitrogens is 2. The van der Waals surface area contributed by atoms with E-state index in [0.717, 1.165) is 62.0 Å². The summed E-state index contributed by atoms with van der Waals surface area (Å²) in [6.45, 7) is 6.53. The number of halogens is 1. The summed E-state index contributed by atoms with van der Waals surface area (Å²) in [7, 11) is 0. The Labute approximate surface area is 158 Å². The highest BCUT2D eigenvalue weighted by Gasteiger charge is 2.30. The smallest absolute Gasteiger partial charge is 0.236 e. The molecule has 0 radical (unpaired) electrons. The summed E-state index contributed by atoms with van der Waals surface area (Å²) < 4.78 is 15.6. The fourth-order valence-corrected chi connectivity index (χ4v) is 4.62. The van der Waals surface area contributed by atoms with Crippen LogP contribution in [-0.4, -0.2) is 75.5 Å². The quantitative estimate of drug-likeness (QED) is 0.824. The lowest BCUT2D eigenvalue weighted by Gasteiger charge is -2.43. The lowest BCUT2D eigenvalue weighted by molar-refractivity contribution is -0.135. The number of amides is 1. The zero-order chi connectivity index (χ0) is 18.4. The molecule has 0 atom stereocenters. The van der Waals surface area contributed by atoms with Crippen LogP contribution in [0.1, 0.15) is 25.0 Å². The zero-order valence-corrected chi connectivity index (χ0v) is 15.6. The van der Waals surface area contributed by atoms with Crippen LogP contribution in [-0.2, 0) is 17.9 Å². The SMILES string of the molecule is O=C(CN1CCn2c(cc3cc(F)cnc32)C1)N1CCN(C2CCC2)CC1. The Kier molecular flexibility index (Phi) is 4.36. The standard InChI is InChI=1S/C20H26FN5O/c21-16-10-15-11-18-13-23(4-9-26(18)20(15)22-12-16)14-19(27)25-7-5-24(6-8-25)17-2-1-3-17/h10-12,17H,1-9,13-14H2. The lowest BCUT2D eigenvalue weighted by atomic mass is 9.91. The van der Waals surface area contributed by atoms with Gasteiger partial charge in [0.05, 0.1) is 12.7 Å². The van der Waals surface area contributed by atoms with E-state index in [-0.39, 0.29) is 11.7 Å². The summed E-state index contributed by atoms with van der Waals surface area (Å²) in [6.07, 6.45) is 5.29. The predicted octanol–water partition coefficient (Wildman–Crippen LogP) is 1.69. The van der Waals surface area contributed by atoms with Gasteiger partial charge in [-0.2, -0.15) is 0 Å². The molecule has 4 heterocycles. The van der Waals surface area contributed by atoms with Gasteiger partial charge < -0.3 is 9.47 Å². The van der Waals surface area contributed by atoms with Crippen molar-refractivity contribution in [2.24, 2.45) is 0 Å². The van der Waals surface area contributed by atoms with Gasteiger partial charge in [0.15, 0.2) is 0 Å². The van der Waals surface area contributed by atoms with Gasteiger partial charge >= 0.3 is 0 Å². The average Bonchev–Trinajstić information content (AvgIpc) is 2.97. The van der Waals surface area contributed by atoms with Crippen LogP contribution in [0, 0.1) is 5.82 Å². The molecular formula is C20H26FN5O. The van der Waals surface area contributed by atoms with E-state index in [1.807, 2.05) is 11.0 Å². The number of rotatable bonds is 3. The van der Waals surface area contributed by atoms with E-state index in [9.17, 15) is 9.18 Å². The van der Waals surface area contributed by atoms with Gasteiger partial charge in [0.25, 0.3) is 0 Å². The van der Waals surface area contributed by atoms with E-state index in [1.54, 1.807) is 0 Å². The molecule has 2 aliphatic heterocycles. The van der Waals surface area contributed by atoms with Gasteiger partial charge in [0.1, 0.15) is 11.5 Å². The maximum atomic E-state index is 13.4. The van der Waals surface area contributed by atoms with E-state index in [4.69, 9.17) is 0 Å². The minimum absolute atomic E-state index is 0.233. The molecule has 5 rings (SSSR count). The minimum Gasteiger partial charge on any atom is -0.339 e. The van der Waals surface area contributed by atoms with Crippen LogP contribution in [0.2, 0.25) is 0 Å². The van der Waals surface area contributed by atoms with E-state index in [1.165, 1.54) is 31.5 Å². The Morgan fingerprint density at radius 2 is 1.93 bits per heavy atom. The molecule has 6 nitrogen and oxygen atoms in total. The van der Waals surface area contributed by atoms with E-state index in [2.05, 4.69) is 19.4 Å². The van der Waals surface area contributed by atoms with Gasteiger partial charge in [-0.05, 0) is 25.0 Å². The van der Waals surface area contributed by atoms with Crippen LogP contribution in [0.3, 0.4) is 0 Å². The van der Waals surface area contributed by atoms with Crippen LogP contribution < -0.4 is 0 Å². The van der Waals surface area contributed by atoms with Gasteiger partial charge in [-0.15, -0.1) is 0 Å². The Morgan fingerprint density at radius 1 is 1.11 bits per heavy atom. The second-order valence-electron chi connectivity index (χ2n) is 8.07. The number of fused-ring (bicyclic) bond motifs is 3. The molecule has 0 bridgehead atoms. The third-order valence-corrected chi connectivity index (χ3v) is 6.43. The molecule has 7 heteroatoms. The van der Waals surface area contributed by atoms with E-state index >= 15 is 0 Å². The molecule has 2 aromatic heterocycles. The molecule has 0 N–H and O–H groups in total. The van der Waals surface area contributed by atoms with Gasteiger partial charge in [-0.25, -0.2) is 9.37 Å². The van der Waals surface area contributed by atoms with Crippen LogP contribution in [0.4, 0.5) is 4.39 Å². The first-order valence-corrected chi connectivity index (χ1v) is 10.1. The van der Waals surface area contributed by atoms with Gasteiger partial charge in [0, 0.05) is 62.9 Å². The maximum Gasteiger partial charge on any atom is 0.236 e. The van der Waals surface area contributed by atoms with Crippen molar-refractivity contribution < 1.29 is 9.18 Å². The highest BCUT2D eigenvalue weighted by Crippen LogP contribution is 2.26. The molecule has 0 spiro atoms. The molecule has 1 saturated carbocycles. The highest BCUT2D eigenvalue weighted by atomic mass is 19.1. The van der Waals surface area contributed by atoms with Crippen molar-refractivity contribution in [3.8, 4) is 0 Å². The first kappa shape index (κ1) is 17.1. The summed E-state index contributed by atoms with van der Waals surface area (Å²) in [6, 6.07) is 4.30. The predicted molar refractivity (Wildman–Crippen MR) is 101 cm³/mol. The molecule has 0 unspecified atom stereocenters. The highest BCUT2D eigenvalue weighted by molar-refractivity contribution is 5.79. The van der Waals surface area contributed by atoms with Crippen molar-refractivity contribution in [2.75, 3.05) is 39.3 Å². The van der Waals surface area contributed by atoms with Gasteiger partial charge in [-0.3, -0.25) is 14.6 Å². The molecule has 2 fully saturated rings. The lowest BCUT2D eigenvalue weighted by Crippen LogP contribution is -2.55. The normalized spacial score (nSPS) is 22.0. The maximum absolute atomic E-state index is 13.4. The van der Waals surface area contributed by atoms with E-state index < -0.39 is 0 Å².